The van der Waals surface area contributed by atoms with E-state index in [0.717, 1.165) is 5.75 Å². The van der Waals surface area contributed by atoms with Crippen LogP contribution in [-0.2, 0) is 0 Å². The number of halogens is 2. The molecule has 6 heteroatoms. The Balaban J connectivity index is 1.96. The van der Waals surface area contributed by atoms with Crippen LogP contribution in [0.15, 0.2) is 42.5 Å². The highest BCUT2D eigenvalue weighted by Gasteiger charge is 2.05. The fourth-order valence-corrected chi connectivity index (χ4v) is 1.85. The molecule has 0 unspecified atom stereocenters. The molecule has 0 aromatic heterocycles. The molecule has 0 aliphatic heterocycles. The molecule has 0 atom stereocenters. The molecule has 0 aliphatic carbocycles. The molecule has 21 heavy (non-hydrogen) atoms. The van der Waals surface area contributed by atoms with Gasteiger partial charge in [0.15, 0.2) is 0 Å². The SMILES string of the molecule is CCOc1ccc(NC(=O)Nc2ccc(F)c(Cl)c2)cc1. The minimum absolute atomic E-state index is 0.0473. The molecular weight excluding hydrogens is 295 g/mol. The molecule has 2 aromatic carbocycles. The number of urea groups is 1. The number of carbonyl (C=O) groups excluding carboxylic acids is 1. The number of ether oxygens (including phenoxy) is 1. The zero-order chi connectivity index (χ0) is 15.2. The number of hydrogen-bond acceptors (Lipinski definition) is 2. The maximum absolute atomic E-state index is 13.0. The predicted octanol–water partition coefficient (Wildman–Crippen LogP) is 4.52. The third kappa shape index (κ3) is 4.36. The first-order chi connectivity index (χ1) is 10.1. The molecule has 0 saturated heterocycles. The molecule has 0 spiro atoms. The summed E-state index contributed by atoms with van der Waals surface area (Å²) in [6, 6.07) is 10.5. The number of carbonyl (C=O) groups is 1. The van der Waals surface area contributed by atoms with E-state index in [1.807, 2.05) is 6.92 Å². The second-order valence-corrected chi connectivity index (χ2v) is 4.57. The molecular formula is C15H14ClFN2O2. The first-order valence-corrected chi connectivity index (χ1v) is 6.72. The zero-order valence-electron chi connectivity index (χ0n) is 11.3. The minimum atomic E-state index is -0.533. The Bertz CT molecular complexity index is 632. The quantitative estimate of drug-likeness (QED) is 0.872. The molecule has 2 aromatic rings. The summed E-state index contributed by atoms with van der Waals surface area (Å²) in [6.45, 7) is 2.48. The van der Waals surface area contributed by atoms with Crippen molar-refractivity contribution in [3.8, 4) is 5.75 Å². The summed E-state index contributed by atoms with van der Waals surface area (Å²) in [4.78, 5) is 11.8. The Morgan fingerprint density at radius 2 is 1.76 bits per heavy atom. The second-order valence-electron chi connectivity index (χ2n) is 4.17. The van der Waals surface area contributed by atoms with Gasteiger partial charge in [-0.25, -0.2) is 9.18 Å². The van der Waals surface area contributed by atoms with Crippen molar-refractivity contribution in [1.29, 1.82) is 0 Å². The average Bonchev–Trinajstić information content (AvgIpc) is 2.45. The van der Waals surface area contributed by atoms with Gasteiger partial charge in [0.1, 0.15) is 11.6 Å². The van der Waals surface area contributed by atoms with Crippen molar-refractivity contribution < 1.29 is 13.9 Å². The maximum Gasteiger partial charge on any atom is 0.323 e. The van der Waals surface area contributed by atoms with Crippen LogP contribution >= 0.6 is 11.6 Å². The van der Waals surface area contributed by atoms with E-state index in [9.17, 15) is 9.18 Å². The van der Waals surface area contributed by atoms with Crippen LogP contribution in [0.3, 0.4) is 0 Å². The topological polar surface area (TPSA) is 50.4 Å². The van der Waals surface area contributed by atoms with Crippen LogP contribution < -0.4 is 15.4 Å². The molecule has 2 N–H and O–H groups in total. The van der Waals surface area contributed by atoms with E-state index in [1.54, 1.807) is 24.3 Å². The Labute approximate surface area is 126 Å². The summed E-state index contributed by atoms with van der Waals surface area (Å²) in [5.41, 5.74) is 1.02. The lowest BCUT2D eigenvalue weighted by Crippen LogP contribution is -2.19. The van der Waals surface area contributed by atoms with E-state index < -0.39 is 11.8 Å². The summed E-state index contributed by atoms with van der Waals surface area (Å²) < 4.78 is 18.3. The molecule has 2 amide bonds. The molecule has 0 fully saturated rings. The lowest BCUT2D eigenvalue weighted by atomic mass is 10.3. The van der Waals surface area contributed by atoms with E-state index in [2.05, 4.69) is 10.6 Å². The van der Waals surface area contributed by atoms with Crippen molar-refractivity contribution in [1.82, 2.24) is 0 Å². The lowest BCUT2D eigenvalue weighted by molar-refractivity contribution is 0.262. The van der Waals surface area contributed by atoms with Crippen LogP contribution in [0, 0.1) is 5.82 Å². The molecule has 0 bridgehead atoms. The normalized spacial score (nSPS) is 10.0. The van der Waals surface area contributed by atoms with Crippen molar-refractivity contribution >= 4 is 29.0 Å². The third-order valence-electron chi connectivity index (χ3n) is 2.60. The number of rotatable bonds is 4. The van der Waals surface area contributed by atoms with Gasteiger partial charge in [-0.15, -0.1) is 0 Å². The molecule has 0 saturated carbocycles. The van der Waals surface area contributed by atoms with Gasteiger partial charge in [-0.05, 0) is 49.4 Å². The highest BCUT2D eigenvalue weighted by molar-refractivity contribution is 6.31. The smallest absolute Gasteiger partial charge is 0.323 e. The van der Waals surface area contributed by atoms with Crippen LogP contribution in [-0.4, -0.2) is 12.6 Å². The number of anilines is 2. The zero-order valence-corrected chi connectivity index (χ0v) is 12.1. The average molecular weight is 309 g/mol. The monoisotopic (exact) mass is 308 g/mol. The van der Waals surface area contributed by atoms with Gasteiger partial charge in [0.05, 0.1) is 11.6 Å². The molecule has 4 nitrogen and oxygen atoms in total. The van der Waals surface area contributed by atoms with E-state index in [-0.39, 0.29) is 5.02 Å². The number of nitrogens with one attached hydrogen (secondary N) is 2. The van der Waals surface area contributed by atoms with Crippen molar-refractivity contribution in [3.63, 3.8) is 0 Å². The van der Waals surface area contributed by atoms with Crippen molar-refractivity contribution in [3.05, 3.63) is 53.3 Å². The van der Waals surface area contributed by atoms with E-state index in [1.165, 1.54) is 18.2 Å². The van der Waals surface area contributed by atoms with Gasteiger partial charge < -0.3 is 15.4 Å². The van der Waals surface area contributed by atoms with Crippen molar-refractivity contribution in [2.24, 2.45) is 0 Å². The van der Waals surface area contributed by atoms with Crippen LogP contribution in [0.5, 0.6) is 5.75 Å². The molecule has 0 aliphatic rings. The third-order valence-corrected chi connectivity index (χ3v) is 2.89. The highest BCUT2D eigenvalue weighted by atomic mass is 35.5. The number of amides is 2. The second kappa shape index (κ2) is 6.95. The summed E-state index contributed by atoms with van der Waals surface area (Å²) in [5, 5.41) is 5.17. The van der Waals surface area contributed by atoms with E-state index in [4.69, 9.17) is 16.3 Å². The molecule has 0 heterocycles. The Morgan fingerprint density at radius 3 is 2.38 bits per heavy atom. The fraction of sp³-hybridized carbons (Fsp3) is 0.133. The van der Waals surface area contributed by atoms with Crippen molar-refractivity contribution in [2.75, 3.05) is 17.2 Å². The molecule has 2 rings (SSSR count). The van der Waals surface area contributed by atoms with Crippen LogP contribution in [0.4, 0.5) is 20.6 Å². The summed E-state index contributed by atoms with van der Waals surface area (Å²) >= 11 is 5.64. The van der Waals surface area contributed by atoms with Crippen LogP contribution in [0.1, 0.15) is 6.92 Å². The summed E-state index contributed by atoms with van der Waals surface area (Å²) in [7, 11) is 0. The van der Waals surface area contributed by atoms with Crippen LogP contribution in [0.2, 0.25) is 5.02 Å². The predicted molar refractivity (Wildman–Crippen MR) is 81.7 cm³/mol. The number of benzene rings is 2. The van der Waals surface area contributed by atoms with Gasteiger partial charge in [0, 0.05) is 11.4 Å². The Kier molecular flexibility index (Phi) is 5.00. The van der Waals surface area contributed by atoms with Crippen LogP contribution in [0.25, 0.3) is 0 Å². The fourth-order valence-electron chi connectivity index (χ4n) is 1.67. The van der Waals surface area contributed by atoms with Gasteiger partial charge in [0.25, 0.3) is 0 Å². The largest absolute Gasteiger partial charge is 0.494 e. The van der Waals surface area contributed by atoms with E-state index >= 15 is 0 Å². The minimum Gasteiger partial charge on any atom is -0.494 e. The first kappa shape index (κ1) is 15.1. The maximum atomic E-state index is 13.0. The highest BCUT2D eigenvalue weighted by Crippen LogP contribution is 2.20. The standard InChI is InChI=1S/C15H14ClFN2O2/c1-2-21-12-6-3-10(4-7-12)18-15(20)19-11-5-8-14(17)13(16)9-11/h3-9H,2H2,1H3,(H2,18,19,20). The number of hydrogen-bond donors (Lipinski definition) is 2. The van der Waals surface area contributed by atoms with Gasteiger partial charge in [-0.2, -0.15) is 0 Å². The van der Waals surface area contributed by atoms with Gasteiger partial charge >= 0.3 is 6.03 Å². The Hall–Kier alpha value is -2.27. The molecule has 0 radical (unpaired) electrons. The van der Waals surface area contributed by atoms with Gasteiger partial charge in [0.2, 0.25) is 0 Å². The van der Waals surface area contributed by atoms with Crippen molar-refractivity contribution in [2.45, 2.75) is 6.92 Å². The Morgan fingerprint density at radius 1 is 1.14 bits per heavy atom. The molecule has 110 valence electrons. The first-order valence-electron chi connectivity index (χ1n) is 6.34. The lowest BCUT2D eigenvalue weighted by Gasteiger charge is -2.09. The van der Waals surface area contributed by atoms with Gasteiger partial charge in [-0.3, -0.25) is 0 Å². The van der Waals surface area contributed by atoms with Gasteiger partial charge in [-0.1, -0.05) is 11.6 Å². The summed E-state index contributed by atoms with van der Waals surface area (Å²) in [6.07, 6.45) is 0. The van der Waals surface area contributed by atoms with E-state index in [0.29, 0.717) is 18.0 Å². The summed E-state index contributed by atoms with van der Waals surface area (Å²) in [5.74, 6) is 0.197.